The van der Waals surface area contributed by atoms with Crippen LogP contribution in [-0.2, 0) is 4.79 Å². The Morgan fingerprint density at radius 1 is 1.22 bits per heavy atom. The van der Waals surface area contributed by atoms with Crippen molar-refractivity contribution < 1.29 is 4.79 Å². The third-order valence-electron chi connectivity index (χ3n) is 0.934. The molecular formula is C6H4INO. The lowest BCUT2D eigenvalue weighted by molar-refractivity contribution is -0.110. The molecule has 0 fully saturated rings. The number of hydrogen-bond donors (Lipinski definition) is 0. The zero-order valence-electron chi connectivity index (χ0n) is 4.54. The lowest BCUT2D eigenvalue weighted by Crippen LogP contribution is -1.97. The SMILES string of the molecule is O=C1C=CC(=NI)C=C1. The highest BCUT2D eigenvalue weighted by molar-refractivity contribution is 14.1. The molecule has 0 saturated heterocycles. The van der Waals surface area contributed by atoms with Crippen LogP contribution in [0.3, 0.4) is 0 Å². The van der Waals surface area contributed by atoms with Crippen molar-refractivity contribution >= 4 is 34.4 Å². The number of halogens is 1. The quantitative estimate of drug-likeness (QED) is 0.460. The molecule has 0 aromatic heterocycles. The minimum absolute atomic E-state index is 0.0267. The first kappa shape index (κ1) is 6.67. The fraction of sp³-hybridized carbons (Fsp3) is 0. The van der Waals surface area contributed by atoms with Gasteiger partial charge in [0.1, 0.15) is 0 Å². The Morgan fingerprint density at radius 2 is 1.78 bits per heavy atom. The van der Waals surface area contributed by atoms with Gasteiger partial charge < -0.3 is 0 Å². The summed E-state index contributed by atoms with van der Waals surface area (Å²) in [5.74, 6) is 0.0267. The Labute approximate surface area is 66.9 Å². The number of allylic oxidation sites excluding steroid dienone is 4. The Hall–Kier alpha value is -0.450. The van der Waals surface area contributed by atoms with Crippen LogP contribution in [0.5, 0.6) is 0 Å². The molecule has 0 aromatic rings. The summed E-state index contributed by atoms with van der Waals surface area (Å²) >= 11 is 1.89. The van der Waals surface area contributed by atoms with Gasteiger partial charge in [0.2, 0.25) is 0 Å². The summed E-state index contributed by atoms with van der Waals surface area (Å²) in [5.41, 5.74) is 0.829. The smallest absolute Gasteiger partial charge is 0.178 e. The van der Waals surface area contributed by atoms with Gasteiger partial charge in [0, 0.05) is 0 Å². The van der Waals surface area contributed by atoms with Crippen LogP contribution >= 0.6 is 22.9 Å². The molecule has 0 amide bonds. The fourth-order valence-corrected chi connectivity index (χ4v) is 0.824. The van der Waals surface area contributed by atoms with Gasteiger partial charge in [0.05, 0.1) is 28.6 Å². The van der Waals surface area contributed by atoms with Gasteiger partial charge in [-0.2, -0.15) is 0 Å². The fourth-order valence-electron chi connectivity index (χ4n) is 0.502. The molecule has 0 aliphatic heterocycles. The molecule has 0 bridgehead atoms. The van der Waals surface area contributed by atoms with Crippen LogP contribution in [0.15, 0.2) is 27.5 Å². The van der Waals surface area contributed by atoms with Crippen molar-refractivity contribution in [3.05, 3.63) is 24.3 Å². The zero-order chi connectivity index (χ0) is 6.69. The van der Waals surface area contributed by atoms with E-state index in [1.54, 1.807) is 12.2 Å². The monoisotopic (exact) mass is 233 g/mol. The standard InChI is InChI=1S/C6H4INO/c7-8-5-1-3-6(9)4-2-5/h1-4H. The number of hydrogen-bond acceptors (Lipinski definition) is 2. The number of ketones is 1. The second kappa shape index (κ2) is 2.91. The topological polar surface area (TPSA) is 29.4 Å². The number of carbonyl (C=O) groups is 1. The summed E-state index contributed by atoms with van der Waals surface area (Å²) in [6.45, 7) is 0. The van der Waals surface area contributed by atoms with Crippen LogP contribution in [0.4, 0.5) is 0 Å². The van der Waals surface area contributed by atoms with Crippen molar-refractivity contribution in [3.8, 4) is 0 Å². The third-order valence-corrected chi connectivity index (χ3v) is 1.49. The average molecular weight is 233 g/mol. The van der Waals surface area contributed by atoms with Crippen LogP contribution in [0.25, 0.3) is 0 Å². The van der Waals surface area contributed by atoms with Crippen LogP contribution in [0, 0.1) is 0 Å². The lowest BCUT2D eigenvalue weighted by Gasteiger charge is -1.92. The molecule has 0 atom stereocenters. The summed E-state index contributed by atoms with van der Waals surface area (Å²) in [6, 6.07) is 0. The summed E-state index contributed by atoms with van der Waals surface area (Å²) in [5, 5.41) is 0. The first-order valence-corrected chi connectivity index (χ1v) is 3.38. The molecule has 0 heterocycles. The highest BCUT2D eigenvalue weighted by atomic mass is 127. The van der Waals surface area contributed by atoms with E-state index in [0.29, 0.717) is 0 Å². The highest BCUT2D eigenvalue weighted by Crippen LogP contribution is 1.97. The zero-order valence-corrected chi connectivity index (χ0v) is 6.70. The van der Waals surface area contributed by atoms with Crippen molar-refractivity contribution in [2.45, 2.75) is 0 Å². The van der Waals surface area contributed by atoms with Crippen LogP contribution < -0.4 is 0 Å². The van der Waals surface area contributed by atoms with Gasteiger partial charge in [0.15, 0.2) is 5.78 Å². The molecule has 0 N–H and O–H groups in total. The van der Waals surface area contributed by atoms with Crippen LogP contribution in [0.1, 0.15) is 0 Å². The van der Waals surface area contributed by atoms with Gasteiger partial charge in [-0.15, -0.1) is 0 Å². The van der Waals surface area contributed by atoms with Gasteiger partial charge in [-0.3, -0.25) is 4.79 Å². The maximum absolute atomic E-state index is 10.5. The van der Waals surface area contributed by atoms with E-state index in [0.717, 1.165) is 5.71 Å². The normalized spacial score (nSPS) is 16.6. The Balaban J connectivity index is 2.82. The van der Waals surface area contributed by atoms with Crippen molar-refractivity contribution in [1.29, 1.82) is 0 Å². The summed E-state index contributed by atoms with van der Waals surface area (Å²) in [4.78, 5) is 10.5. The first-order valence-electron chi connectivity index (χ1n) is 2.42. The third kappa shape index (κ3) is 1.74. The minimum Gasteiger partial charge on any atom is -0.290 e. The first-order chi connectivity index (χ1) is 4.33. The maximum atomic E-state index is 10.5. The van der Waals surface area contributed by atoms with Crippen molar-refractivity contribution in [3.63, 3.8) is 0 Å². The van der Waals surface area contributed by atoms with Crippen LogP contribution in [-0.4, -0.2) is 11.5 Å². The second-order valence-electron chi connectivity index (χ2n) is 1.58. The van der Waals surface area contributed by atoms with Crippen molar-refractivity contribution in [2.24, 2.45) is 3.21 Å². The van der Waals surface area contributed by atoms with E-state index < -0.39 is 0 Å². The summed E-state index contributed by atoms with van der Waals surface area (Å²) < 4.78 is 3.84. The van der Waals surface area contributed by atoms with Gasteiger partial charge in [-0.1, -0.05) is 0 Å². The van der Waals surface area contributed by atoms with E-state index >= 15 is 0 Å². The maximum Gasteiger partial charge on any atom is 0.178 e. The molecule has 1 aliphatic carbocycles. The molecule has 9 heavy (non-hydrogen) atoms. The minimum atomic E-state index is 0.0267. The largest absolute Gasteiger partial charge is 0.290 e. The molecule has 0 spiro atoms. The lowest BCUT2D eigenvalue weighted by atomic mass is 10.2. The molecule has 2 nitrogen and oxygen atoms in total. The average Bonchev–Trinajstić information content (AvgIpc) is 1.90. The van der Waals surface area contributed by atoms with Gasteiger partial charge in [-0.05, 0) is 24.3 Å². The highest BCUT2D eigenvalue weighted by Gasteiger charge is 1.96. The van der Waals surface area contributed by atoms with E-state index in [1.807, 2.05) is 22.9 Å². The molecule has 0 aromatic carbocycles. The summed E-state index contributed by atoms with van der Waals surface area (Å²) in [7, 11) is 0. The molecule has 3 heteroatoms. The van der Waals surface area contributed by atoms with Gasteiger partial charge >= 0.3 is 0 Å². The van der Waals surface area contributed by atoms with Crippen molar-refractivity contribution in [2.75, 3.05) is 0 Å². The number of carbonyl (C=O) groups excluding carboxylic acids is 1. The Bertz CT molecular complexity index is 197. The second-order valence-corrected chi connectivity index (χ2v) is 2.06. The Kier molecular flexibility index (Phi) is 2.16. The molecule has 1 rings (SSSR count). The van der Waals surface area contributed by atoms with Gasteiger partial charge in [0.25, 0.3) is 0 Å². The van der Waals surface area contributed by atoms with Crippen molar-refractivity contribution in [1.82, 2.24) is 0 Å². The van der Waals surface area contributed by atoms with E-state index in [1.165, 1.54) is 12.2 Å². The predicted molar refractivity (Wildman–Crippen MR) is 44.7 cm³/mol. The van der Waals surface area contributed by atoms with E-state index in [4.69, 9.17) is 0 Å². The Morgan fingerprint density at radius 3 is 2.22 bits per heavy atom. The number of nitrogens with zero attached hydrogens (tertiary/aromatic N) is 1. The van der Waals surface area contributed by atoms with Crippen LogP contribution in [0.2, 0.25) is 0 Å². The molecule has 46 valence electrons. The van der Waals surface area contributed by atoms with Gasteiger partial charge in [-0.25, -0.2) is 3.21 Å². The van der Waals surface area contributed by atoms with E-state index in [2.05, 4.69) is 3.21 Å². The molecule has 0 radical (unpaired) electrons. The number of rotatable bonds is 0. The van der Waals surface area contributed by atoms with E-state index in [9.17, 15) is 4.79 Å². The molecule has 0 saturated carbocycles. The summed E-state index contributed by atoms with van der Waals surface area (Å²) in [6.07, 6.45) is 6.37. The molecule has 1 aliphatic rings. The predicted octanol–water partition coefficient (Wildman–Crippen LogP) is 1.47. The molecular weight excluding hydrogens is 229 g/mol. The van der Waals surface area contributed by atoms with E-state index in [-0.39, 0.29) is 5.78 Å². The molecule has 0 unspecified atom stereocenters.